The number of aliphatic hydroxyl groups is 1. The van der Waals surface area contributed by atoms with Crippen LogP contribution in [0.1, 0.15) is 323 Å². The van der Waals surface area contributed by atoms with Gasteiger partial charge in [-0.2, -0.15) is 0 Å². The van der Waals surface area contributed by atoms with E-state index in [0.29, 0.717) is 25.7 Å². The Balaban J connectivity index is 5.28. The maximum Gasteiger partial charge on any atom is 0.472 e. The van der Waals surface area contributed by atoms with Crippen LogP contribution >= 0.6 is 15.6 Å². The molecule has 0 saturated heterocycles. The average Bonchev–Trinajstić information content (AvgIpc) is 1.56. The molecule has 17 nitrogen and oxygen atoms in total. The second kappa shape index (κ2) is 69.7. The van der Waals surface area contributed by atoms with Crippen molar-refractivity contribution < 1.29 is 80.2 Å². The zero-order chi connectivity index (χ0) is 70.4. The van der Waals surface area contributed by atoms with Crippen LogP contribution in [0.25, 0.3) is 0 Å². The summed E-state index contributed by atoms with van der Waals surface area (Å²) in [6.07, 6.45) is 70.1. The molecule has 556 valence electrons. The molecule has 0 bridgehead atoms. The van der Waals surface area contributed by atoms with Gasteiger partial charge in [0, 0.05) is 25.7 Å². The highest BCUT2D eigenvalue weighted by atomic mass is 31.2. The Morgan fingerprint density at radius 3 is 0.896 bits per heavy atom. The SMILES string of the molecule is CC/C=C\C/C=C\C/C=C\CCCCCCCC(=O)OCC(COP(=O)(O)OCC(O)COP(=O)(O)OCC(COC(=O)CCCCCCCC/C=C\C/C=C\C/C=C\CCCCC)OC(=O)CCCCCCCCCCCCC)OC(=O)CCCCCCC/C=C\CCCC. The molecule has 0 aromatic carbocycles. The number of esters is 4. The summed E-state index contributed by atoms with van der Waals surface area (Å²) in [4.78, 5) is 72.7. The zero-order valence-electron chi connectivity index (χ0n) is 60.5. The highest BCUT2D eigenvalue weighted by molar-refractivity contribution is 7.47. The van der Waals surface area contributed by atoms with Crippen LogP contribution in [0.4, 0.5) is 0 Å². The van der Waals surface area contributed by atoms with E-state index >= 15 is 0 Å². The van der Waals surface area contributed by atoms with E-state index in [1.54, 1.807) is 0 Å². The minimum Gasteiger partial charge on any atom is -0.462 e. The second-order valence-corrected chi connectivity index (χ2v) is 28.1. The molecular weight excluding hydrogens is 1260 g/mol. The normalized spacial score (nSPS) is 14.4. The minimum absolute atomic E-state index is 0.0817. The van der Waals surface area contributed by atoms with Crippen LogP contribution in [0, 0.1) is 0 Å². The van der Waals surface area contributed by atoms with Crippen molar-refractivity contribution in [3.8, 4) is 0 Å². The van der Waals surface area contributed by atoms with Gasteiger partial charge in [0.15, 0.2) is 12.2 Å². The molecule has 0 radical (unpaired) electrons. The Morgan fingerprint density at radius 1 is 0.302 bits per heavy atom. The van der Waals surface area contributed by atoms with Crippen LogP contribution in [0.3, 0.4) is 0 Å². The number of phosphoric ester groups is 2. The monoisotopic (exact) mass is 1390 g/mol. The first-order valence-electron chi connectivity index (χ1n) is 37.8. The molecule has 5 unspecified atom stereocenters. The van der Waals surface area contributed by atoms with E-state index in [9.17, 15) is 43.2 Å². The summed E-state index contributed by atoms with van der Waals surface area (Å²) in [6.45, 7) is 4.66. The van der Waals surface area contributed by atoms with Crippen LogP contribution in [-0.2, 0) is 65.4 Å². The van der Waals surface area contributed by atoms with E-state index in [2.05, 4.69) is 113 Å². The number of allylic oxidation sites excluding steroid dienone is 14. The Bertz CT molecular complexity index is 2160. The lowest BCUT2D eigenvalue weighted by Crippen LogP contribution is -2.30. The smallest absolute Gasteiger partial charge is 0.462 e. The molecule has 0 aliphatic carbocycles. The summed E-state index contributed by atoms with van der Waals surface area (Å²) in [5.74, 6) is -2.20. The van der Waals surface area contributed by atoms with Gasteiger partial charge in [-0.05, 0) is 116 Å². The molecule has 0 aromatic rings. The lowest BCUT2D eigenvalue weighted by Gasteiger charge is -2.21. The summed E-state index contributed by atoms with van der Waals surface area (Å²) >= 11 is 0. The molecule has 0 aromatic heterocycles. The number of carbonyl (C=O) groups is 4. The van der Waals surface area contributed by atoms with Crippen LogP contribution in [0.15, 0.2) is 85.1 Å². The summed E-state index contributed by atoms with van der Waals surface area (Å²) in [6, 6.07) is 0. The van der Waals surface area contributed by atoms with Gasteiger partial charge in [0.05, 0.1) is 26.4 Å². The van der Waals surface area contributed by atoms with Crippen LogP contribution in [0.2, 0.25) is 0 Å². The summed E-state index contributed by atoms with van der Waals surface area (Å²) < 4.78 is 68.3. The van der Waals surface area contributed by atoms with Crippen molar-refractivity contribution in [1.82, 2.24) is 0 Å². The highest BCUT2D eigenvalue weighted by Gasteiger charge is 2.30. The number of phosphoric acid groups is 2. The molecule has 96 heavy (non-hydrogen) atoms. The Hall–Kier alpha value is -3.76. The minimum atomic E-state index is -4.97. The number of aliphatic hydroxyl groups excluding tert-OH is 1. The fourth-order valence-electron chi connectivity index (χ4n) is 10.0. The van der Waals surface area contributed by atoms with Gasteiger partial charge in [0.2, 0.25) is 0 Å². The molecule has 0 saturated carbocycles. The fraction of sp³-hybridized carbons (Fsp3) is 0.766. The van der Waals surface area contributed by atoms with Crippen molar-refractivity contribution in [3.05, 3.63) is 85.1 Å². The fourth-order valence-corrected chi connectivity index (χ4v) is 11.6. The van der Waals surface area contributed by atoms with Gasteiger partial charge >= 0.3 is 39.5 Å². The van der Waals surface area contributed by atoms with Gasteiger partial charge in [-0.1, -0.05) is 267 Å². The molecule has 3 N–H and O–H groups in total. The van der Waals surface area contributed by atoms with E-state index in [4.69, 9.17) is 37.0 Å². The topological polar surface area (TPSA) is 237 Å². The van der Waals surface area contributed by atoms with Gasteiger partial charge in [-0.3, -0.25) is 37.3 Å². The van der Waals surface area contributed by atoms with Gasteiger partial charge in [0.25, 0.3) is 0 Å². The third-order valence-electron chi connectivity index (χ3n) is 15.8. The second-order valence-electron chi connectivity index (χ2n) is 25.2. The van der Waals surface area contributed by atoms with Crippen molar-refractivity contribution in [2.24, 2.45) is 0 Å². The van der Waals surface area contributed by atoms with E-state index in [0.717, 1.165) is 173 Å². The third kappa shape index (κ3) is 68.8. The van der Waals surface area contributed by atoms with Crippen molar-refractivity contribution in [3.63, 3.8) is 0 Å². The number of hydrogen-bond donors (Lipinski definition) is 3. The van der Waals surface area contributed by atoms with Gasteiger partial charge < -0.3 is 33.8 Å². The van der Waals surface area contributed by atoms with Crippen LogP contribution in [-0.4, -0.2) is 96.7 Å². The molecule has 0 fully saturated rings. The van der Waals surface area contributed by atoms with Crippen molar-refractivity contribution in [2.75, 3.05) is 39.6 Å². The van der Waals surface area contributed by atoms with Gasteiger partial charge in [-0.25, -0.2) is 9.13 Å². The Labute approximate surface area is 583 Å². The number of unbranched alkanes of at least 4 members (excludes halogenated alkanes) is 31. The molecule has 0 aliphatic rings. The molecule has 19 heteroatoms. The van der Waals surface area contributed by atoms with Crippen LogP contribution in [0.5, 0.6) is 0 Å². The molecule has 0 spiro atoms. The van der Waals surface area contributed by atoms with Crippen LogP contribution < -0.4 is 0 Å². The van der Waals surface area contributed by atoms with E-state index < -0.39 is 97.5 Å². The Morgan fingerprint density at radius 2 is 0.552 bits per heavy atom. The molecule has 0 aliphatic heterocycles. The van der Waals surface area contributed by atoms with Crippen molar-refractivity contribution >= 4 is 39.5 Å². The first-order valence-corrected chi connectivity index (χ1v) is 40.8. The average molecular weight is 1400 g/mol. The molecule has 0 amide bonds. The number of hydrogen-bond acceptors (Lipinski definition) is 15. The largest absolute Gasteiger partial charge is 0.472 e. The van der Waals surface area contributed by atoms with E-state index in [1.807, 2.05) is 0 Å². The maximum atomic E-state index is 13.1. The zero-order valence-corrected chi connectivity index (χ0v) is 62.3. The molecular formula is C77H136O17P2. The first kappa shape index (κ1) is 92.2. The molecule has 0 heterocycles. The summed E-state index contributed by atoms with van der Waals surface area (Å²) in [7, 11) is -9.94. The highest BCUT2D eigenvalue weighted by Crippen LogP contribution is 2.45. The number of rotatable bonds is 71. The first-order chi connectivity index (χ1) is 46.7. The quantitative estimate of drug-likeness (QED) is 0.0169. The van der Waals surface area contributed by atoms with Gasteiger partial charge in [0.1, 0.15) is 19.3 Å². The van der Waals surface area contributed by atoms with E-state index in [1.165, 1.54) is 70.6 Å². The van der Waals surface area contributed by atoms with Crippen molar-refractivity contribution in [1.29, 1.82) is 0 Å². The van der Waals surface area contributed by atoms with E-state index in [-0.39, 0.29) is 25.7 Å². The summed E-state index contributed by atoms with van der Waals surface area (Å²) in [5.41, 5.74) is 0. The standard InChI is InChI=1S/C77H136O17P2/c1-5-9-13-17-21-25-29-31-33-34-35-36-38-40-44-46-50-54-58-62-75(80)88-68-73(94-77(82)64-60-56-52-48-42-28-24-20-16-12-8-4)70-92-96(85,86)90-66-71(78)65-89-95(83,84)91-69-72(93-76(81)63-59-55-51-47-41-27-23-19-15-11-7-3)67-87-74(79)61-57-53-49-45-43-39-37-32-30-26-22-18-14-10-6-2/h10,14,19,21-23,25-26,31-33,35-37,71-73,78H,5-9,11-13,15-18,20,24,27-30,34,38-70H2,1-4H3,(H,83,84)(H,85,86)/b14-10-,23-19-,25-21-,26-22-,33-31-,36-35-,37-32-. The molecule has 5 atom stereocenters. The predicted molar refractivity (Wildman–Crippen MR) is 390 cm³/mol. The lowest BCUT2D eigenvalue weighted by atomic mass is 10.1. The maximum absolute atomic E-state index is 13.1. The third-order valence-corrected chi connectivity index (χ3v) is 17.7. The number of carbonyl (C=O) groups excluding carboxylic acids is 4. The number of ether oxygens (including phenoxy) is 4. The predicted octanol–water partition coefficient (Wildman–Crippen LogP) is 21.4. The Kier molecular flexibility index (Phi) is 67.0. The molecule has 0 rings (SSSR count). The summed E-state index contributed by atoms with van der Waals surface area (Å²) in [5, 5.41) is 10.6. The van der Waals surface area contributed by atoms with Crippen molar-refractivity contribution in [2.45, 2.75) is 341 Å². The lowest BCUT2D eigenvalue weighted by molar-refractivity contribution is -0.161. The van der Waals surface area contributed by atoms with Gasteiger partial charge in [-0.15, -0.1) is 0 Å².